The maximum atomic E-state index is 13.7. The standard InChI is InChI=1S/C19H32FN3O3.HI/c1-4-6-10-25-12-13-26-11-9-22-19(21-5-2)23-15-16-7-8-18(24-3)17(20)14-16;/h7-8,14H,4-6,9-13,15H2,1-3H3,(H2,21,22,23);1H. The van der Waals surface area contributed by atoms with Crippen molar-refractivity contribution in [3.63, 3.8) is 0 Å². The van der Waals surface area contributed by atoms with Crippen LogP contribution in [0.1, 0.15) is 32.3 Å². The first kappa shape index (κ1) is 25.9. The summed E-state index contributed by atoms with van der Waals surface area (Å²) < 4.78 is 29.6. The summed E-state index contributed by atoms with van der Waals surface area (Å²) in [4.78, 5) is 4.45. The van der Waals surface area contributed by atoms with E-state index < -0.39 is 0 Å². The molecule has 8 heteroatoms. The molecule has 27 heavy (non-hydrogen) atoms. The van der Waals surface area contributed by atoms with Crippen LogP contribution < -0.4 is 15.4 Å². The van der Waals surface area contributed by atoms with Gasteiger partial charge in [-0.2, -0.15) is 0 Å². The van der Waals surface area contributed by atoms with E-state index in [9.17, 15) is 4.39 Å². The van der Waals surface area contributed by atoms with Crippen molar-refractivity contribution in [1.29, 1.82) is 0 Å². The fourth-order valence-electron chi connectivity index (χ4n) is 2.13. The summed E-state index contributed by atoms with van der Waals surface area (Å²) in [7, 11) is 1.45. The van der Waals surface area contributed by atoms with E-state index in [1.165, 1.54) is 13.2 Å². The minimum absolute atomic E-state index is 0. The van der Waals surface area contributed by atoms with E-state index in [1.54, 1.807) is 12.1 Å². The normalized spacial score (nSPS) is 11.0. The van der Waals surface area contributed by atoms with Crippen LogP contribution in [0.2, 0.25) is 0 Å². The molecule has 0 radical (unpaired) electrons. The molecular weight excluding hydrogens is 464 g/mol. The van der Waals surface area contributed by atoms with Gasteiger partial charge in [-0.3, -0.25) is 0 Å². The van der Waals surface area contributed by atoms with Crippen molar-refractivity contribution >= 4 is 29.9 Å². The van der Waals surface area contributed by atoms with Crippen molar-refractivity contribution in [2.24, 2.45) is 4.99 Å². The van der Waals surface area contributed by atoms with Crippen LogP contribution >= 0.6 is 24.0 Å². The van der Waals surface area contributed by atoms with Crippen LogP contribution in [-0.4, -0.2) is 52.6 Å². The Morgan fingerprint density at radius 3 is 2.44 bits per heavy atom. The topological polar surface area (TPSA) is 64.1 Å². The molecule has 156 valence electrons. The number of nitrogens with one attached hydrogen (secondary N) is 2. The Morgan fingerprint density at radius 1 is 1.07 bits per heavy atom. The maximum absolute atomic E-state index is 13.7. The predicted molar refractivity (Wildman–Crippen MR) is 118 cm³/mol. The van der Waals surface area contributed by atoms with Crippen molar-refractivity contribution in [2.45, 2.75) is 33.2 Å². The first-order chi connectivity index (χ1) is 12.7. The largest absolute Gasteiger partial charge is 0.494 e. The molecule has 0 saturated heterocycles. The molecule has 0 unspecified atom stereocenters. The van der Waals surface area contributed by atoms with E-state index in [1.807, 2.05) is 6.92 Å². The summed E-state index contributed by atoms with van der Waals surface area (Å²) in [6.07, 6.45) is 2.22. The van der Waals surface area contributed by atoms with E-state index in [-0.39, 0.29) is 35.5 Å². The third-order valence-electron chi connectivity index (χ3n) is 3.53. The molecule has 1 aromatic rings. The van der Waals surface area contributed by atoms with E-state index >= 15 is 0 Å². The summed E-state index contributed by atoms with van der Waals surface area (Å²) in [5, 5.41) is 6.35. The fourth-order valence-corrected chi connectivity index (χ4v) is 2.13. The predicted octanol–water partition coefficient (Wildman–Crippen LogP) is 3.34. The average molecular weight is 497 g/mol. The lowest BCUT2D eigenvalue weighted by Gasteiger charge is -2.12. The molecule has 6 nitrogen and oxygen atoms in total. The zero-order chi connectivity index (χ0) is 19.0. The van der Waals surface area contributed by atoms with Gasteiger partial charge in [-0.15, -0.1) is 24.0 Å². The Hall–Kier alpha value is -1.13. The van der Waals surface area contributed by atoms with Gasteiger partial charge < -0.3 is 24.8 Å². The minimum Gasteiger partial charge on any atom is -0.494 e. The number of hydrogen-bond acceptors (Lipinski definition) is 4. The third-order valence-corrected chi connectivity index (χ3v) is 3.53. The summed E-state index contributed by atoms with van der Waals surface area (Å²) in [5.41, 5.74) is 0.779. The first-order valence-corrected chi connectivity index (χ1v) is 9.21. The minimum atomic E-state index is -0.382. The second kappa shape index (κ2) is 17.0. The quantitative estimate of drug-likeness (QED) is 0.190. The van der Waals surface area contributed by atoms with Crippen molar-refractivity contribution in [2.75, 3.05) is 46.6 Å². The van der Waals surface area contributed by atoms with Crippen LogP contribution in [0.3, 0.4) is 0 Å². The molecule has 0 amide bonds. The molecule has 0 fully saturated rings. The van der Waals surface area contributed by atoms with Gasteiger partial charge >= 0.3 is 0 Å². The van der Waals surface area contributed by atoms with Gasteiger partial charge in [-0.1, -0.05) is 19.4 Å². The number of halogens is 2. The Balaban J connectivity index is 0.00000676. The lowest BCUT2D eigenvalue weighted by atomic mass is 10.2. The van der Waals surface area contributed by atoms with Crippen LogP contribution in [-0.2, 0) is 16.0 Å². The van der Waals surface area contributed by atoms with Crippen molar-refractivity contribution in [3.05, 3.63) is 29.6 Å². The highest BCUT2D eigenvalue weighted by Gasteiger charge is 2.03. The van der Waals surface area contributed by atoms with E-state index in [0.717, 1.165) is 31.6 Å². The lowest BCUT2D eigenvalue weighted by molar-refractivity contribution is 0.0487. The molecule has 0 spiro atoms. The number of hydrogen-bond donors (Lipinski definition) is 2. The van der Waals surface area contributed by atoms with Gasteiger partial charge in [0.1, 0.15) is 0 Å². The third kappa shape index (κ3) is 12.0. The second-order valence-electron chi connectivity index (χ2n) is 5.67. The highest BCUT2D eigenvalue weighted by Crippen LogP contribution is 2.17. The number of aliphatic imine (C=N–C) groups is 1. The molecule has 0 heterocycles. The SMILES string of the molecule is CCCCOCCOCCNC(=NCc1ccc(OC)c(F)c1)NCC.I. The van der Waals surface area contributed by atoms with Gasteiger partial charge in [-0.05, 0) is 31.0 Å². The molecule has 2 N–H and O–H groups in total. The Bertz CT molecular complexity index is 533. The Labute approximate surface area is 179 Å². The van der Waals surface area contributed by atoms with E-state index in [0.29, 0.717) is 38.9 Å². The average Bonchev–Trinajstić information content (AvgIpc) is 2.64. The van der Waals surface area contributed by atoms with Crippen molar-refractivity contribution in [3.8, 4) is 5.75 Å². The zero-order valence-electron chi connectivity index (χ0n) is 16.6. The molecule has 0 saturated carbocycles. The van der Waals surface area contributed by atoms with E-state index in [2.05, 4.69) is 22.5 Å². The highest BCUT2D eigenvalue weighted by molar-refractivity contribution is 14.0. The highest BCUT2D eigenvalue weighted by atomic mass is 127. The summed E-state index contributed by atoms with van der Waals surface area (Å²) in [6, 6.07) is 4.85. The number of unbranched alkanes of at least 4 members (excludes halogenated alkanes) is 1. The second-order valence-corrected chi connectivity index (χ2v) is 5.67. The van der Waals surface area contributed by atoms with Gasteiger partial charge in [0.05, 0.1) is 33.5 Å². The van der Waals surface area contributed by atoms with Crippen molar-refractivity contribution < 1.29 is 18.6 Å². The van der Waals surface area contributed by atoms with Crippen LogP contribution in [0.25, 0.3) is 0 Å². The molecule has 0 atom stereocenters. The summed E-state index contributed by atoms with van der Waals surface area (Å²) >= 11 is 0. The lowest BCUT2D eigenvalue weighted by Crippen LogP contribution is -2.39. The number of rotatable bonds is 13. The molecule has 1 aromatic carbocycles. The molecule has 0 aliphatic carbocycles. The Morgan fingerprint density at radius 2 is 1.81 bits per heavy atom. The van der Waals surface area contributed by atoms with Crippen LogP contribution in [0.4, 0.5) is 4.39 Å². The Kier molecular flexibility index (Phi) is 16.3. The van der Waals surface area contributed by atoms with E-state index in [4.69, 9.17) is 14.2 Å². The van der Waals surface area contributed by atoms with Gasteiger partial charge in [0.25, 0.3) is 0 Å². The van der Waals surface area contributed by atoms with Crippen molar-refractivity contribution in [1.82, 2.24) is 10.6 Å². The maximum Gasteiger partial charge on any atom is 0.191 e. The fraction of sp³-hybridized carbons (Fsp3) is 0.632. The van der Waals surface area contributed by atoms with Crippen LogP contribution in [0.15, 0.2) is 23.2 Å². The number of nitrogens with zero attached hydrogens (tertiary/aromatic N) is 1. The van der Waals surface area contributed by atoms with Gasteiger partial charge in [0.15, 0.2) is 17.5 Å². The molecule has 0 aromatic heterocycles. The molecule has 1 rings (SSSR count). The monoisotopic (exact) mass is 497 g/mol. The van der Waals surface area contributed by atoms with Crippen LogP contribution in [0, 0.1) is 5.82 Å². The molecule has 0 aliphatic rings. The number of benzene rings is 1. The zero-order valence-corrected chi connectivity index (χ0v) is 18.9. The smallest absolute Gasteiger partial charge is 0.191 e. The van der Waals surface area contributed by atoms with Gasteiger partial charge in [-0.25, -0.2) is 9.38 Å². The summed E-state index contributed by atoms with van der Waals surface area (Å²) in [5.74, 6) is 0.526. The summed E-state index contributed by atoms with van der Waals surface area (Å²) in [6.45, 7) is 8.46. The van der Waals surface area contributed by atoms with Gasteiger partial charge in [0.2, 0.25) is 0 Å². The molecule has 0 bridgehead atoms. The number of ether oxygens (including phenoxy) is 3. The van der Waals surface area contributed by atoms with Crippen LogP contribution in [0.5, 0.6) is 5.75 Å². The van der Waals surface area contributed by atoms with Gasteiger partial charge in [0, 0.05) is 19.7 Å². The molecular formula is C19H33FIN3O3. The number of guanidine groups is 1. The molecule has 0 aliphatic heterocycles. The number of methoxy groups -OCH3 is 1. The first-order valence-electron chi connectivity index (χ1n) is 9.21.